The van der Waals surface area contributed by atoms with Crippen molar-refractivity contribution in [2.75, 3.05) is 0 Å². The number of rotatable bonds is 5. The molecule has 2 heteroatoms. The summed E-state index contributed by atoms with van der Waals surface area (Å²) in [5.74, 6) is 0. The molecular weight excluding hydrogens is 268 g/mol. The highest BCUT2D eigenvalue weighted by Crippen LogP contribution is 2.24. The monoisotopic (exact) mass is 292 g/mol. The lowest BCUT2D eigenvalue weighted by Gasteiger charge is -2.03. The maximum atomic E-state index is 4.72. The van der Waals surface area contributed by atoms with Crippen LogP contribution in [-0.4, -0.2) is 9.78 Å². The highest BCUT2D eigenvalue weighted by molar-refractivity contribution is 5.69. The predicted octanol–water partition coefficient (Wildman–Crippen LogP) is 5.50. The van der Waals surface area contributed by atoms with Gasteiger partial charge in [-0.25, -0.2) is 0 Å². The molecule has 0 saturated carbocycles. The van der Waals surface area contributed by atoms with E-state index in [2.05, 4.69) is 74.5 Å². The Balaban J connectivity index is 2.38. The largest absolute Gasteiger partial charge is 0.265 e. The van der Waals surface area contributed by atoms with Gasteiger partial charge in [-0.15, -0.1) is 0 Å². The van der Waals surface area contributed by atoms with Crippen molar-refractivity contribution in [2.45, 2.75) is 34.2 Å². The number of allylic oxidation sites excluding steroid dienone is 5. The summed E-state index contributed by atoms with van der Waals surface area (Å²) in [5.41, 5.74) is 6.82. The van der Waals surface area contributed by atoms with Crippen LogP contribution in [0.4, 0.5) is 0 Å². The van der Waals surface area contributed by atoms with E-state index < -0.39 is 0 Å². The lowest BCUT2D eigenvalue weighted by Crippen LogP contribution is -1.99. The van der Waals surface area contributed by atoms with Crippen molar-refractivity contribution in [1.82, 2.24) is 9.78 Å². The molecule has 2 aromatic rings. The third kappa shape index (κ3) is 3.64. The molecule has 0 amide bonds. The van der Waals surface area contributed by atoms with E-state index in [0.717, 1.165) is 29.1 Å². The second-order valence-corrected chi connectivity index (χ2v) is 5.58. The Hall–Kier alpha value is -2.35. The van der Waals surface area contributed by atoms with E-state index in [1.807, 2.05) is 13.0 Å². The molecule has 22 heavy (non-hydrogen) atoms. The van der Waals surface area contributed by atoms with E-state index in [0.29, 0.717) is 0 Å². The van der Waals surface area contributed by atoms with Gasteiger partial charge in [-0.1, -0.05) is 54.6 Å². The van der Waals surface area contributed by atoms with Crippen LogP contribution in [0, 0.1) is 0 Å². The number of hydrogen-bond acceptors (Lipinski definition) is 1. The van der Waals surface area contributed by atoms with Gasteiger partial charge in [0.2, 0.25) is 0 Å². The van der Waals surface area contributed by atoms with Gasteiger partial charge in [0.1, 0.15) is 0 Å². The van der Waals surface area contributed by atoms with Crippen LogP contribution in [0.1, 0.15) is 33.4 Å². The number of hydrogen-bond donors (Lipinski definition) is 0. The Morgan fingerprint density at radius 2 is 1.82 bits per heavy atom. The Bertz CT molecular complexity index is 715. The van der Waals surface area contributed by atoms with E-state index >= 15 is 0 Å². The van der Waals surface area contributed by atoms with Gasteiger partial charge in [-0.2, -0.15) is 5.10 Å². The molecule has 1 aromatic carbocycles. The molecule has 0 aliphatic heterocycles. The van der Waals surface area contributed by atoms with Gasteiger partial charge >= 0.3 is 0 Å². The molecule has 0 N–H and O–H groups in total. The Morgan fingerprint density at radius 1 is 1.14 bits per heavy atom. The second-order valence-electron chi connectivity index (χ2n) is 5.58. The van der Waals surface area contributed by atoms with Crippen LogP contribution in [0.2, 0.25) is 0 Å². The summed E-state index contributed by atoms with van der Waals surface area (Å²) >= 11 is 0. The smallest absolute Gasteiger partial charge is 0.0886 e. The molecule has 2 rings (SSSR count). The molecule has 2 nitrogen and oxygen atoms in total. The van der Waals surface area contributed by atoms with E-state index in [4.69, 9.17) is 5.10 Å². The summed E-state index contributed by atoms with van der Waals surface area (Å²) < 4.78 is 2.05. The van der Waals surface area contributed by atoms with Gasteiger partial charge in [0.25, 0.3) is 0 Å². The minimum Gasteiger partial charge on any atom is -0.265 e. The van der Waals surface area contributed by atoms with Crippen LogP contribution >= 0.6 is 0 Å². The highest BCUT2D eigenvalue weighted by atomic mass is 15.3. The minimum absolute atomic E-state index is 0.859. The fourth-order valence-electron chi connectivity index (χ4n) is 2.17. The van der Waals surface area contributed by atoms with Crippen molar-refractivity contribution >= 4 is 5.57 Å². The van der Waals surface area contributed by atoms with Crippen molar-refractivity contribution in [3.8, 4) is 11.3 Å². The van der Waals surface area contributed by atoms with Gasteiger partial charge in [0.05, 0.1) is 11.4 Å². The number of aromatic nitrogens is 2. The van der Waals surface area contributed by atoms with Crippen molar-refractivity contribution in [3.63, 3.8) is 0 Å². The summed E-state index contributed by atoms with van der Waals surface area (Å²) in [6, 6.07) is 12.6. The summed E-state index contributed by atoms with van der Waals surface area (Å²) in [5, 5.41) is 4.72. The van der Waals surface area contributed by atoms with Crippen molar-refractivity contribution in [3.05, 3.63) is 72.0 Å². The average molecular weight is 292 g/mol. The second kappa shape index (κ2) is 7.08. The Labute approximate surface area is 133 Å². The Kier molecular flexibility index (Phi) is 5.16. The zero-order valence-corrected chi connectivity index (χ0v) is 13.9. The molecule has 0 unspecified atom stereocenters. The number of aryl methyl sites for hydroxylation is 1. The third-order valence-corrected chi connectivity index (χ3v) is 3.81. The minimum atomic E-state index is 0.859. The van der Waals surface area contributed by atoms with E-state index in [1.54, 1.807) is 0 Å². The van der Waals surface area contributed by atoms with Gasteiger partial charge in [-0.3, -0.25) is 4.68 Å². The quantitative estimate of drug-likeness (QED) is 0.666. The van der Waals surface area contributed by atoms with Crippen LogP contribution in [0.25, 0.3) is 16.8 Å². The van der Waals surface area contributed by atoms with Crippen LogP contribution in [0.15, 0.2) is 66.3 Å². The first kappa shape index (κ1) is 16.0. The molecule has 0 atom stereocenters. The summed E-state index contributed by atoms with van der Waals surface area (Å²) in [6.07, 6.45) is 4.21. The lowest BCUT2D eigenvalue weighted by molar-refractivity contribution is 0.664. The maximum Gasteiger partial charge on any atom is 0.0886 e. The van der Waals surface area contributed by atoms with Crippen LogP contribution in [0.5, 0.6) is 0 Å². The number of nitrogens with zero attached hydrogens (tertiary/aromatic N) is 2. The first-order valence-corrected chi connectivity index (χ1v) is 7.67. The summed E-state index contributed by atoms with van der Waals surface area (Å²) in [7, 11) is 0. The summed E-state index contributed by atoms with van der Waals surface area (Å²) in [4.78, 5) is 0. The molecule has 1 heterocycles. The zero-order valence-electron chi connectivity index (χ0n) is 13.9. The molecule has 0 radical (unpaired) electrons. The van der Waals surface area contributed by atoms with Gasteiger partial charge < -0.3 is 0 Å². The molecule has 0 fully saturated rings. The molecule has 0 aliphatic carbocycles. The lowest BCUT2D eigenvalue weighted by atomic mass is 10.1. The van der Waals surface area contributed by atoms with Gasteiger partial charge in [0.15, 0.2) is 0 Å². The maximum absolute atomic E-state index is 4.72. The van der Waals surface area contributed by atoms with Crippen molar-refractivity contribution in [2.24, 2.45) is 0 Å². The number of benzene rings is 1. The van der Waals surface area contributed by atoms with Crippen LogP contribution < -0.4 is 0 Å². The molecule has 1 aromatic heterocycles. The van der Waals surface area contributed by atoms with Crippen molar-refractivity contribution in [1.29, 1.82) is 0 Å². The standard InChI is InChI=1S/C20H24N2/c1-6-22-20(18-10-8-7-9-11-18)14-19(21-22)17(5)13-12-16(4)15(2)3/h7-14H,2,6H2,1,3-5H3/b16-12-,17-13+. The van der Waals surface area contributed by atoms with E-state index in [-0.39, 0.29) is 0 Å². The van der Waals surface area contributed by atoms with Crippen molar-refractivity contribution < 1.29 is 0 Å². The fraction of sp³-hybridized carbons (Fsp3) is 0.250. The average Bonchev–Trinajstić information content (AvgIpc) is 2.97. The topological polar surface area (TPSA) is 17.8 Å². The predicted molar refractivity (Wildman–Crippen MR) is 95.6 cm³/mol. The molecule has 114 valence electrons. The zero-order chi connectivity index (χ0) is 16.1. The molecule has 0 saturated heterocycles. The van der Waals surface area contributed by atoms with Gasteiger partial charge in [-0.05, 0) is 50.5 Å². The van der Waals surface area contributed by atoms with E-state index in [1.165, 1.54) is 11.1 Å². The first-order valence-electron chi connectivity index (χ1n) is 7.67. The fourth-order valence-corrected chi connectivity index (χ4v) is 2.17. The molecular formula is C20H24N2. The normalized spacial score (nSPS) is 12.5. The molecule has 0 aliphatic rings. The molecule has 0 spiro atoms. The highest BCUT2D eigenvalue weighted by Gasteiger charge is 2.09. The SMILES string of the molecule is C=C(C)/C(C)=C\C=C(/C)c1cc(-c2ccccc2)n(CC)n1. The Morgan fingerprint density at radius 3 is 2.41 bits per heavy atom. The first-order chi connectivity index (χ1) is 10.5. The van der Waals surface area contributed by atoms with E-state index in [9.17, 15) is 0 Å². The van der Waals surface area contributed by atoms with Crippen LogP contribution in [0.3, 0.4) is 0 Å². The third-order valence-electron chi connectivity index (χ3n) is 3.81. The summed E-state index contributed by atoms with van der Waals surface area (Å²) in [6.45, 7) is 13.1. The van der Waals surface area contributed by atoms with Gasteiger partial charge in [0, 0.05) is 6.54 Å². The van der Waals surface area contributed by atoms with Crippen LogP contribution in [-0.2, 0) is 6.54 Å². The molecule has 0 bridgehead atoms.